The highest BCUT2D eigenvalue weighted by Gasteiger charge is 2.19. The number of anilines is 1. The topological polar surface area (TPSA) is 53.5 Å². The third-order valence-electron chi connectivity index (χ3n) is 5.84. The first-order valence-corrected chi connectivity index (χ1v) is 10.5. The minimum Gasteiger partial charge on any atom is -0.495 e. The summed E-state index contributed by atoms with van der Waals surface area (Å²) in [5.41, 5.74) is 3.12. The summed E-state index contributed by atoms with van der Waals surface area (Å²) in [5.74, 6) is 0.952. The highest BCUT2D eigenvalue weighted by atomic mass is 16.5. The van der Waals surface area contributed by atoms with Gasteiger partial charge in [-0.3, -0.25) is 9.47 Å². The summed E-state index contributed by atoms with van der Waals surface area (Å²) >= 11 is 0. The molecule has 3 aromatic rings. The number of piperazine rings is 1. The maximum Gasteiger partial charge on any atom is 0.326 e. The van der Waals surface area contributed by atoms with Crippen molar-refractivity contribution in [1.82, 2.24) is 14.5 Å². The van der Waals surface area contributed by atoms with Crippen LogP contribution in [0.5, 0.6) is 5.75 Å². The first-order valence-electron chi connectivity index (χ1n) is 10.5. The van der Waals surface area contributed by atoms with E-state index in [4.69, 9.17) is 4.74 Å². The van der Waals surface area contributed by atoms with E-state index in [2.05, 4.69) is 26.9 Å². The maximum absolute atomic E-state index is 12.1. The molecule has 0 aliphatic carbocycles. The van der Waals surface area contributed by atoms with Crippen LogP contribution < -0.4 is 15.3 Å². The number of unbranched alkanes of at least 4 members (excludes halogenated alkanes) is 2. The van der Waals surface area contributed by atoms with Crippen LogP contribution in [0.2, 0.25) is 0 Å². The van der Waals surface area contributed by atoms with Crippen LogP contribution >= 0.6 is 0 Å². The van der Waals surface area contributed by atoms with Crippen LogP contribution in [0.25, 0.3) is 11.0 Å². The molecule has 1 aromatic heterocycles. The highest BCUT2D eigenvalue weighted by molar-refractivity contribution is 5.74. The predicted octanol–water partition coefficient (Wildman–Crippen LogP) is 3.33. The van der Waals surface area contributed by atoms with Crippen molar-refractivity contribution in [3.63, 3.8) is 0 Å². The van der Waals surface area contributed by atoms with E-state index < -0.39 is 0 Å². The van der Waals surface area contributed by atoms with Crippen LogP contribution in [0, 0.1) is 0 Å². The number of para-hydroxylation sites is 4. The van der Waals surface area contributed by atoms with Crippen LogP contribution in [0.3, 0.4) is 0 Å². The van der Waals surface area contributed by atoms with Gasteiger partial charge in [0, 0.05) is 32.7 Å². The summed E-state index contributed by atoms with van der Waals surface area (Å²) in [6.07, 6.45) is 3.34. The van der Waals surface area contributed by atoms with Gasteiger partial charge in [-0.15, -0.1) is 0 Å². The average molecular weight is 395 g/mol. The number of fused-ring (bicyclic) bond motifs is 1. The Hall–Kier alpha value is -2.73. The van der Waals surface area contributed by atoms with E-state index in [1.54, 1.807) is 7.11 Å². The molecule has 4 rings (SSSR count). The van der Waals surface area contributed by atoms with Crippen molar-refractivity contribution in [2.75, 3.05) is 44.7 Å². The van der Waals surface area contributed by atoms with Gasteiger partial charge in [-0.05, 0) is 43.7 Å². The lowest BCUT2D eigenvalue weighted by atomic mass is 10.2. The Balaban J connectivity index is 1.19. The number of hydrogen-bond acceptors (Lipinski definition) is 4. The number of H-pyrrole nitrogens is 1. The Morgan fingerprint density at radius 2 is 1.62 bits per heavy atom. The van der Waals surface area contributed by atoms with Gasteiger partial charge < -0.3 is 14.6 Å². The fourth-order valence-corrected chi connectivity index (χ4v) is 4.21. The summed E-state index contributed by atoms with van der Waals surface area (Å²) < 4.78 is 7.36. The van der Waals surface area contributed by atoms with E-state index in [1.165, 1.54) is 12.1 Å². The summed E-state index contributed by atoms with van der Waals surface area (Å²) in [7, 11) is 1.74. The molecule has 2 aromatic carbocycles. The van der Waals surface area contributed by atoms with Crippen molar-refractivity contribution in [2.24, 2.45) is 0 Å². The Kier molecular flexibility index (Phi) is 6.20. The molecule has 2 heterocycles. The molecule has 6 heteroatoms. The van der Waals surface area contributed by atoms with E-state index in [-0.39, 0.29) is 5.69 Å². The molecule has 154 valence electrons. The molecule has 0 saturated carbocycles. The van der Waals surface area contributed by atoms with Gasteiger partial charge in [-0.25, -0.2) is 4.79 Å². The van der Waals surface area contributed by atoms with Crippen LogP contribution in [0.15, 0.2) is 53.3 Å². The molecule has 1 N–H and O–H groups in total. The molecule has 0 amide bonds. The Morgan fingerprint density at radius 1 is 0.897 bits per heavy atom. The molecule has 0 spiro atoms. The number of aromatic amines is 1. The van der Waals surface area contributed by atoms with Gasteiger partial charge >= 0.3 is 5.69 Å². The van der Waals surface area contributed by atoms with Gasteiger partial charge in [0.1, 0.15) is 5.75 Å². The number of nitrogens with zero attached hydrogens (tertiary/aromatic N) is 3. The number of methoxy groups -OCH3 is 1. The Bertz CT molecular complexity index is 986. The molecule has 1 saturated heterocycles. The summed E-state index contributed by atoms with van der Waals surface area (Å²) in [5, 5.41) is 0. The Morgan fingerprint density at radius 3 is 2.45 bits per heavy atom. The van der Waals surface area contributed by atoms with Crippen LogP contribution in [-0.2, 0) is 6.54 Å². The van der Waals surface area contributed by atoms with Crippen molar-refractivity contribution in [3.05, 3.63) is 59.0 Å². The summed E-state index contributed by atoms with van der Waals surface area (Å²) in [4.78, 5) is 20.0. The first-order chi connectivity index (χ1) is 14.3. The first kappa shape index (κ1) is 19.6. The van der Waals surface area contributed by atoms with Crippen molar-refractivity contribution >= 4 is 16.7 Å². The minimum absolute atomic E-state index is 0.00124. The molecule has 0 unspecified atom stereocenters. The number of aromatic nitrogens is 2. The Labute approximate surface area is 171 Å². The normalized spacial score (nSPS) is 15.1. The molecule has 0 bridgehead atoms. The third kappa shape index (κ3) is 4.48. The fourth-order valence-electron chi connectivity index (χ4n) is 4.21. The van der Waals surface area contributed by atoms with Crippen LogP contribution in [0.1, 0.15) is 19.3 Å². The van der Waals surface area contributed by atoms with Crippen molar-refractivity contribution < 1.29 is 4.74 Å². The van der Waals surface area contributed by atoms with E-state index in [0.29, 0.717) is 0 Å². The molecular formula is C23H30N4O2. The average Bonchev–Trinajstić information content (AvgIpc) is 3.09. The standard InChI is InChI=1S/C23H30N4O2/c1-29-22-12-6-5-11-21(22)26-17-15-25(16-18-26)13-7-2-8-14-27-20-10-4-3-9-19(20)24-23(27)28/h3-6,9-12H,2,7-8,13-18H2,1H3,(H,24,28). The van der Waals surface area contributed by atoms with Gasteiger partial charge in [-0.1, -0.05) is 30.7 Å². The SMILES string of the molecule is COc1ccccc1N1CCN(CCCCCn2c(=O)[nH]c3ccccc32)CC1. The summed E-state index contributed by atoms with van der Waals surface area (Å²) in [6.45, 7) is 6.14. The molecule has 1 fully saturated rings. The second-order valence-electron chi connectivity index (χ2n) is 7.66. The predicted molar refractivity (Wildman–Crippen MR) is 118 cm³/mol. The fraction of sp³-hybridized carbons (Fsp3) is 0.435. The van der Waals surface area contributed by atoms with Gasteiger partial charge in [-0.2, -0.15) is 0 Å². The number of ether oxygens (including phenoxy) is 1. The smallest absolute Gasteiger partial charge is 0.326 e. The van der Waals surface area contributed by atoms with Gasteiger partial charge in [0.05, 0.1) is 23.8 Å². The lowest BCUT2D eigenvalue weighted by Crippen LogP contribution is -2.46. The number of hydrogen-bond donors (Lipinski definition) is 1. The molecule has 6 nitrogen and oxygen atoms in total. The molecule has 0 atom stereocenters. The quantitative estimate of drug-likeness (QED) is 0.596. The zero-order valence-corrected chi connectivity index (χ0v) is 17.1. The largest absolute Gasteiger partial charge is 0.495 e. The van der Waals surface area contributed by atoms with E-state index >= 15 is 0 Å². The number of nitrogens with one attached hydrogen (secondary N) is 1. The highest BCUT2D eigenvalue weighted by Crippen LogP contribution is 2.28. The van der Waals surface area contributed by atoms with Crippen LogP contribution in [-0.4, -0.2) is 54.3 Å². The summed E-state index contributed by atoms with van der Waals surface area (Å²) in [6, 6.07) is 16.2. The van der Waals surface area contributed by atoms with Crippen molar-refractivity contribution in [2.45, 2.75) is 25.8 Å². The number of benzene rings is 2. The van der Waals surface area contributed by atoms with Crippen molar-refractivity contribution in [3.8, 4) is 5.75 Å². The molecular weight excluding hydrogens is 364 g/mol. The van der Waals surface area contributed by atoms with Gasteiger partial charge in [0.2, 0.25) is 0 Å². The monoisotopic (exact) mass is 394 g/mol. The number of rotatable bonds is 8. The molecule has 1 aliphatic rings. The molecule has 29 heavy (non-hydrogen) atoms. The number of imidazole rings is 1. The van der Waals surface area contributed by atoms with Crippen molar-refractivity contribution in [1.29, 1.82) is 0 Å². The van der Waals surface area contributed by atoms with E-state index in [1.807, 2.05) is 41.0 Å². The zero-order valence-electron chi connectivity index (χ0n) is 17.1. The zero-order chi connectivity index (χ0) is 20.1. The lowest BCUT2D eigenvalue weighted by Gasteiger charge is -2.36. The second-order valence-corrected chi connectivity index (χ2v) is 7.66. The molecule has 1 aliphatic heterocycles. The number of aryl methyl sites for hydroxylation is 1. The second kappa shape index (κ2) is 9.18. The maximum atomic E-state index is 12.1. The lowest BCUT2D eigenvalue weighted by molar-refractivity contribution is 0.251. The van der Waals surface area contributed by atoms with Crippen LogP contribution in [0.4, 0.5) is 5.69 Å². The van der Waals surface area contributed by atoms with Gasteiger partial charge in [0.15, 0.2) is 0 Å². The molecule has 0 radical (unpaired) electrons. The van der Waals surface area contributed by atoms with E-state index in [9.17, 15) is 4.79 Å². The van der Waals surface area contributed by atoms with Gasteiger partial charge in [0.25, 0.3) is 0 Å². The van der Waals surface area contributed by atoms with E-state index in [0.717, 1.165) is 68.9 Å². The minimum atomic E-state index is -0.00124. The third-order valence-corrected chi connectivity index (χ3v) is 5.84.